The van der Waals surface area contributed by atoms with Crippen LogP contribution in [0.5, 0.6) is 0 Å². The summed E-state index contributed by atoms with van der Waals surface area (Å²) in [5, 5.41) is 5.10. The van der Waals surface area contributed by atoms with Crippen molar-refractivity contribution in [2.45, 2.75) is 20.8 Å². The fourth-order valence-electron chi connectivity index (χ4n) is 3.27. The number of aromatic amines is 1. The van der Waals surface area contributed by atoms with Gasteiger partial charge in [0.25, 0.3) is 5.91 Å². The molecular weight excluding hydrogens is 334 g/mol. The lowest BCUT2D eigenvalue weighted by molar-refractivity contribution is 0.0944. The molecule has 27 heavy (non-hydrogen) atoms. The largest absolute Gasteiger partial charge is 0.353 e. The first-order valence-corrected chi connectivity index (χ1v) is 9.29. The number of hydrogen-bond donors (Lipinski definition) is 2. The molecule has 4 rings (SSSR count). The summed E-state index contributed by atoms with van der Waals surface area (Å²) in [6, 6.07) is 18.3. The van der Waals surface area contributed by atoms with Crippen LogP contribution in [0, 0.1) is 12.8 Å². The van der Waals surface area contributed by atoms with Crippen LogP contribution >= 0.6 is 0 Å². The predicted octanol–water partition coefficient (Wildman–Crippen LogP) is 5.08. The topological polar surface area (TPSA) is 57.8 Å². The second-order valence-corrected chi connectivity index (χ2v) is 7.42. The van der Waals surface area contributed by atoms with Crippen LogP contribution in [0.15, 0.2) is 54.6 Å². The SMILES string of the molecule is Cc1ccc(-c2nc(C(=O)NCC(C)C)cc3c2[nH]c2ccccc23)cc1. The maximum atomic E-state index is 12.7. The zero-order valence-electron chi connectivity index (χ0n) is 15.8. The Balaban J connectivity index is 1.93. The Morgan fingerprint density at radius 2 is 1.81 bits per heavy atom. The molecule has 0 aliphatic heterocycles. The van der Waals surface area contributed by atoms with E-state index in [1.54, 1.807) is 0 Å². The van der Waals surface area contributed by atoms with E-state index in [9.17, 15) is 4.79 Å². The van der Waals surface area contributed by atoms with E-state index in [1.165, 1.54) is 5.56 Å². The number of fused-ring (bicyclic) bond motifs is 3. The smallest absolute Gasteiger partial charge is 0.269 e. The van der Waals surface area contributed by atoms with Gasteiger partial charge in [-0.05, 0) is 25.0 Å². The first kappa shape index (κ1) is 17.3. The third kappa shape index (κ3) is 3.31. The van der Waals surface area contributed by atoms with Gasteiger partial charge >= 0.3 is 0 Å². The number of carbonyl (C=O) groups excluding carboxylic acids is 1. The summed E-state index contributed by atoms with van der Waals surface area (Å²) in [7, 11) is 0. The van der Waals surface area contributed by atoms with Gasteiger partial charge in [0.2, 0.25) is 0 Å². The van der Waals surface area contributed by atoms with Crippen molar-refractivity contribution in [1.82, 2.24) is 15.3 Å². The Bertz CT molecular complexity index is 1120. The number of nitrogens with zero attached hydrogens (tertiary/aromatic N) is 1. The molecule has 2 heterocycles. The van der Waals surface area contributed by atoms with E-state index in [2.05, 4.69) is 61.4 Å². The third-order valence-corrected chi connectivity index (χ3v) is 4.72. The number of para-hydroxylation sites is 1. The molecule has 0 aliphatic carbocycles. The van der Waals surface area contributed by atoms with Crippen LogP contribution in [-0.2, 0) is 0 Å². The van der Waals surface area contributed by atoms with Crippen LogP contribution in [-0.4, -0.2) is 22.4 Å². The Labute approximate surface area is 158 Å². The van der Waals surface area contributed by atoms with Crippen molar-refractivity contribution in [2.75, 3.05) is 6.54 Å². The van der Waals surface area contributed by atoms with Gasteiger partial charge in [-0.25, -0.2) is 4.98 Å². The van der Waals surface area contributed by atoms with Gasteiger partial charge in [0.1, 0.15) is 5.69 Å². The molecule has 2 N–H and O–H groups in total. The fraction of sp³-hybridized carbons (Fsp3) is 0.217. The molecule has 0 unspecified atom stereocenters. The second-order valence-electron chi connectivity index (χ2n) is 7.42. The minimum atomic E-state index is -0.135. The van der Waals surface area contributed by atoms with Crippen LogP contribution in [0.4, 0.5) is 0 Å². The number of pyridine rings is 1. The molecule has 2 aromatic heterocycles. The van der Waals surface area contributed by atoms with Crippen molar-refractivity contribution in [3.63, 3.8) is 0 Å². The first-order chi connectivity index (χ1) is 13.0. The number of hydrogen-bond acceptors (Lipinski definition) is 2. The van der Waals surface area contributed by atoms with Gasteiger partial charge in [0, 0.05) is 28.4 Å². The molecule has 4 nitrogen and oxygen atoms in total. The Morgan fingerprint density at radius 3 is 2.56 bits per heavy atom. The van der Waals surface area contributed by atoms with E-state index in [0.717, 1.165) is 33.1 Å². The lowest BCUT2D eigenvalue weighted by Crippen LogP contribution is -2.28. The highest BCUT2D eigenvalue weighted by atomic mass is 16.1. The van der Waals surface area contributed by atoms with Crippen molar-refractivity contribution >= 4 is 27.7 Å². The standard InChI is InChI=1S/C23H23N3O/c1-14(2)13-24-23(27)20-12-18-17-6-4-5-7-19(17)25-22(18)21(26-20)16-10-8-15(3)9-11-16/h4-12,14,25H,13H2,1-3H3,(H,24,27). The van der Waals surface area contributed by atoms with E-state index in [0.29, 0.717) is 18.2 Å². The molecule has 136 valence electrons. The molecule has 4 aromatic rings. The highest BCUT2D eigenvalue weighted by Crippen LogP contribution is 2.32. The van der Waals surface area contributed by atoms with Crippen LogP contribution in [0.1, 0.15) is 29.9 Å². The number of benzene rings is 2. The maximum absolute atomic E-state index is 12.7. The number of aryl methyl sites for hydroxylation is 1. The summed E-state index contributed by atoms with van der Waals surface area (Å²) in [6.45, 7) is 6.85. The summed E-state index contributed by atoms with van der Waals surface area (Å²) in [6.07, 6.45) is 0. The molecule has 1 amide bonds. The van der Waals surface area contributed by atoms with E-state index in [1.807, 2.05) is 24.3 Å². The Kier molecular flexibility index (Phi) is 4.40. The van der Waals surface area contributed by atoms with Gasteiger partial charge in [-0.3, -0.25) is 4.79 Å². The van der Waals surface area contributed by atoms with Gasteiger partial charge in [-0.2, -0.15) is 0 Å². The molecular formula is C23H23N3O. The highest BCUT2D eigenvalue weighted by molar-refractivity contribution is 6.13. The van der Waals surface area contributed by atoms with E-state index in [4.69, 9.17) is 4.98 Å². The van der Waals surface area contributed by atoms with E-state index in [-0.39, 0.29) is 5.91 Å². The zero-order valence-corrected chi connectivity index (χ0v) is 15.8. The quantitative estimate of drug-likeness (QED) is 0.535. The average molecular weight is 357 g/mol. The van der Waals surface area contributed by atoms with Gasteiger partial charge in [-0.15, -0.1) is 0 Å². The minimum Gasteiger partial charge on any atom is -0.353 e. The van der Waals surface area contributed by atoms with Gasteiger partial charge in [0.15, 0.2) is 0 Å². The summed E-state index contributed by atoms with van der Waals surface area (Å²) in [5.74, 6) is 0.256. The summed E-state index contributed by atoms with van der Waals surface area (Å²) in [4.78, 5) is 20.9. The molecule has 0 aliphatic rings. The number of rotatable bonds is 4. The normalized spacial score (nSPS) is 11.4. The number of carbonyl (C=O) groups is 1. The van der Waals surface area contributed by atoms with Crippen LogP contribution in [0.25, 0.3) is 33.1 Å². The zero-order chi connectivity index (χ0) is 19.0. The Hall–Kier alpha value is -3.14. The molecule has 0 saturated carbocycles. The molecule has 0 fully saturated rings. The molecule has 0 bridgehead atoms. The van der Waals surface area contributed by atoms with E-state index >= 15 is 0 Å². The van der Waals surface area contributed by atoms with Gasteiger partial charge < -0.3 is 10.3 Å². The lowest BCUT2D eigenvalue weighted by Gasteiger charge is -2.10. The molecule has 4 heteroatoms. The number of aromatic nitrogens is 2. The average Bonchev–Trinajstić information content (AvgIpc) is 3.04. The van der Waals surface area contributed by atoms with Gasteiger partial charge in [0.05, 0.1) is 11.2 Å². The van der Waals surface area contributed by atoms with Crippen molar-refractivity contribution in [2.24, 2.45) is 5.92 Å². The van der Waals surface area contributed by atoms with E-state index < -0.39 is 0 Å². The predicted molar refractivity (Wildman–Crippen MR) is 111 cm³/mol. The molecule has 0 saturated heterocycles. The molecule has 0 radical (unpaired) electrons. The highest BCUT2D eigenvalue weighted by Gasteiger charge is 2.17. The summed E-state index contributed by atoms with van der Waals surface area (Å²) >= 11 is 0. The van der Waals surface area contributed by atoms with Crippen molar-refractivity contribution < 1.29 is 4.79 Å². The van der Waals surface area contributed by atoms with Crippen LogP contribution in [0.2, 0.25) is 0 Å². The van der Waals surface area contributed by atoms with Gasteiger partial charge in [-0.1, -0.05) is 61.9 Å². The fourth-order valence-corrected chi connectivity index (χ4v) is 3.27. The third-order valence-electron chi connectivity index (χ3n) is 4.72. The minimum absolute atomic E-state index is 0.135. The monoisotopic (exact) mass is 357 g/mol. The molecule has 0 atom stereocenters. The maximum Gasteiger partial charge on any atom is 0.269 e. The molecule has 0 spiro atoms. The Morgan fingerprint density at radius 1 is 1.07 bits per heavy atom. The van der Waals surface area contributed by atoms with Crippen LogP contribution < -0.4 is 5.32 Å². The summed E-state index contributed by atoms with van der Waals surface area (Å²) in [5.41, 5.74) is 5.44. The number of H-pyrrole nitrogens is 1. The van der Waals surface area contributed by atoms with Crippen molar-refractivity contribution in [3.05, 3.63) is 65.9 Å². The van der Waals surface area contributed by atoms with Crippen LogP contribution in [0.3, 0.4) is 0 Å². The number of nitrogens with one attached hydrogen (secondary N) is 2. The first-order valence-electron chi connectivity index (χ1n) is 9.29. The van der Waals surface area contributed by atoms with Crippen molar-refractivity contribution in [1.29, 1.82) is 0 Å². The lowest BCUT2D eigenvalue weighted by atomic mass is 10.0. The summed E-state index contributed by atoms with van der Waals surface area (Å²) < 4.78 is 0. The second kappa shape index (κ2) is 6.88. The van der Waals surface area contributed by atoms with Crippen molar-refractivity contribution in [3.8, 4) is 11.3 Å². The number of amides is 1. The molecule has 2 aromatic carbocycles.